The van der Waals surface area contributed by atoms with Crippen molar-refractivity contribution >= 4 is 0 Å². The van der Waals surface area contributed by atoms with E-state index in [2.05, 4.69) is 19.2 Å². The van der Waals surface area contributed by atoms with Crippen LogP contribution in [0.2, 0.25) is 0 Å². The quantitative estimate of drug-likeness (QED) is 0.548. The summed E-state index contributed by atoms with van der Waals surface area (Å²) < 4.78 is 0. The molecule has 0 saturated heterocycles. The largest absolute Gasteiger partial charge is 0.316 e. The van der Waals surface area contributed by atoms with Crippen LogP contribution < -0.4 is 5.32 Å². The molecule has 1 N–H and O–H groups in total. The molecule has 0 spiro atoms. The average Bonchev–Trinajstić information content (AvgIpc) is 1.66. The van der Waals surface area contributed by atoms with Gasteiger partial charge in [0.25, 0.3) is 0 Å². The molecule has 0 aromatic heterocycles. The third-order valence-electron chi connectivity index (χ3n) is 2.37. The molecule has 1 unspecified atom stereocenters. The standard InChI is InChI=1S/C7H15N.H2/c1-7(2)5-4-6(7)8-3;/h6,8H,4-5H2,1-3H3;1H. The fourth-order valence-electron chi connectivity index (χ4n) is 1.40. The lowest BCUT2D eigenvalue weighted by atomic mass is 9.67. The molecule has 1 fully saturated rings. The molecule has 50 valence electrons. The molecular weight excluding hydrogens is 98.1 g/mol. The minimum Gasteiger partial charge on any atom is -0.316 e. The van der Waals surface area contributed by atoms with E-state index in [9.17, 15) is 0 Å². The van der Waals surface area contributed by atoms with Gasteiger partial charge in [-0.25, -0.2) is 0 Å². The Bertz CT molecular complexity index is 88.9. The summed E-state index contributed by atoms with van der Waals surface area (Å²) in [6, 6.07) is 0.780. The van der Waals surface area contributed by atoms with Crippen LogP contribution in [0.3, 0.4) is 0 Å². The lowest BCUT2D eigenvalue weighted by Gasteiger charge is -2.44. The van der Waals surface area contributed by atoms with Gasteiger partial charge < -0.3 is 5.32 Å². The van der Waals surface area contributed by atoms with Crippen LogP contribution >= 0.6 is 0 Å². The van der Waals surface area contributed by atoms with Gasteiger partial charge in [-0.15, -0.1) is 0 Å². The molecule has 1 aliphatic carbocycles. The van der Waals surface area contributed by atoms with Crippen molar-refractivity contribution in [2.75, 3.05) is 7.05 Å². The Morgan fingerprint density at radius 1 is 1.62 bits per heavy atom. The Kier molecular flexibility index (Phi) is 1.31. The third kappa shape index (κ3) is 0.752. The molecule has 0 aromatic carbocycles. The molecule has 1 nitrogen and oxygen atoms in total. The highest BCUT2D eigenvalue weighted by Crippen LogP contribution is 2.39. The lowest BCUT2D eigenvalue weighted by Crippen LogP contribution is -2.48. The molecule has 1 saturated carbocycles. The number of hydrogen-bond donors (Lipinski definition) is 1. The molecule has 1 heteroatoms. The van der Waals surface area contributed by atoms with Crippen LogP contribution in [-0.2, 0) is 0 Å². The molecule has 0 radical (unpaired) electrons. The van der Waals surface area contributed by atoms with Crippen molar-refractivity contribution in [2.24, 2.45) is 5.41 Å². The Hall–Kier alpha value is -0.0400. The molecule has 0 bridgehead atoms. The maximum atomic E-state index is 3.29. The summed E-state index contributed by atoms with van der Waals surface area (Å²) in [5, 5.41) is 3.29. The van der Waals surface area contributed by atoms with E-state index in [0.29, 0.717) is 5.41 Å². The molecule has 0 aromatic rings. The predicted molar refractivity (Wildman–Crippen MR) is 38.0 cm³/mol. The second kappa shape index (κ2) is 1.73. The molecule has 0 heterocycles. The molecule has 8 heavy (non-hydrogen) atoms. The summed E-state index contributed by atoms with van der Waals surface area (Å²) in [5.41, 5.74) is 0.578. The summed E-state index contributed by atoms with van der Waals surface area (Å²) in [6.45, 7) is 4.63. The average molecular weight is 115 g/mol. The van der Waals surface area contributed by atoms with Crippen molar-refractivity contribution in [3.05, 3.63) is 0 Å². The first-order valence-corrected chi connectivity index (χ1v) is 3.34. The highest BCUT2D eigenvalue weighted by molar-refractivity contribution is 4.92. The minimum absolute atomic E-state index is 0. The Morgan fingerprint density at radius 2 is 2.25 bits per heavy atom. The van der Waals surface area contributed by atoms with Gasteiger partial charge in [-0.3, -0.25) is 0 Å². The second-order valence-corrected chi connectivity index (χ2v) is 3.37. The van der Waals surface area contributed by atoms with E-state index in [1.54, 1.807) is 0 Å². The highest BCUT2D eigenvalue weighted by Gasteiger charge is 2.36. The number of nitrogens with one attached hydrogen (secondary N) is 1. The molecule has 0 amide bonds. The second-order valence-electron chi connectivity index (χ2n) is 3.37. The van der Waals surface area contributed by atoms with Crippen molar-refractivity contribution < 1.29 is 1.43 Å². The van der Waals surface area contributed by atoms with E-state index in [1.165, 1.54) is 12.8 Å². The molecule has 1 aliphatic rings. The lowest BCUT2D eigenvalue weighted by molar-refractivity contribution is 0.117. The Morgan fingerprint density at radius 3 is 2.25 bits per heavy atom. The fraction of sp³-hybridized carbons (Fsp3) is 1.00. The van der Waals surface area contributed by atoms with Crippen molar-refractivity contribution in [1.82, 2.24) is 5.32 Å². The maximum Gasteiger partial charge on any atom is 0.0115 e. The van der Waals surface area contributed by atoms with Gasteiger partial charge in [0, 0.05) is 7.47 Å². The summed E-state index contributed by atoms with van der Waals surface area (Å²) in [7, 11) is 2.05. The third-order valence-corrected chi connectivity index (χ3v) is 2.37. The number of rotatable bonds is 1. The van der Waals surface area contributed by atoms with Crippen LogP contribution in [0.15, 0.2) is 0 Å². The van der Waals surface area contributed by atoms with Gasteiger partial charge in [0.2, 0.25) is 0 Å². The smallest absolute Gasteiger partial charge is 0.0115 e. The van der Waals surface area contributed by atoms with Gasteiger partial charge in [-0.05, 0) is 25.3 Å². The summed E-state index contributed by atoms with van der Waals surface area (Å²) in [4.78, 5) is 0. The fourth-order valence-corrected chi connectivity index (χ4v) is 1.40. The van der Waals surface area contributed by atoms with E-state index in [-0.39, 0.29) is 1.43 Å². The Labute approximate surface area is 53.0 Å². The minimum atomic E-state index is 0. The Balaban J connectivity index is 0.000000640. The van der Waals surface area contributed by atoms with Gasteiger partial charge in [0.1, 0.15) is 0 Å². The maximum absolute atomic E-state index is 3.29. The van der Waals surface area contributed by atoms with Crippen LogP contribution in [0.1, 0.15) is 28.1 Å². The van der Waals surface area contributed by atoms with Crippen LogP contribution in [0.5, 0.6) is 0 Å². The normalized spacial score (nSPS) is 34.1. The van der Waals surface area contributed by atoms with Crippen LogP contribution in [0, 0.1) is 5.41 Å². The van der Waals surface area contributed by atoms with Gasteiger partial charge >= 0.3 is 0 Å². The van der Waals surface area contributed by atoms with Gasteiger partial charge in [0.05, 0.1) is 0 Å². The first-order chi connectivity index (χ1) is 3.67. The number of hydrogen-bond acceptors (Lipinski definition) is 1. The molecular formula is C7H17N. The van der Waals surface area contributed by atoms with Crippen molar-refractivity contribution in [1.29, 1.82) is 0 Å². The van der Waals surface area contributed by atoms with Crippen LogP contribution in [0.4, 0.5) is 0 Å². The van der Waals surface area contributed by atoms with Crippen molar-refractivity contribution in [3.63, 3.8) is 0 Å². The van der Waals surface area contributed by atoms with Gasteiger partial charge in [0.15, 0.2) is 0 Å². The highest BCUT2D eigenvalue weighted by atomic mass is 14.9. The van der Waals surface area contributed by atoms with E-state index in [1.807, 2.05) is 7.05 Å². The zero-order valence-corrected chi connectivity index (χ0v) is 5.99. The SMILES string of the molecule is CNC1CCC1(C)C.[HH]. The van der Waals surface area contributed by atoms with Gasteiger partial charge in [-0.2, -0.15) is 0 Å². The summed E-state index contributed by atoms with van der Waals surface area (Å²) in [6.07, 6.45) is 2.75. The van der Waals surface area contributed by atoms with Crippen molar-refractivity contribution in [2.45, 2.75) is 32.7 Å². The molecule has 1 rings (SSSR count). The van der Waals surface area contributed by atoms with Crippen LogP contribution in [-0.4, -0.2) is 13.1 Å². The molecule has 0 aliphatic heterocycles. The first kappa shape index (κ1) is 6.09. The zero-order chi connectivity index (χ0) is 6.20. The van der Waals surface area contributed by atoms with Gasteiger partial charge in [-0.1, -0.05) is 13.8 Å². The predicted octanol–water partition coefficient (Wildman–Crippen LogP) is 1.64. The monoisotopic (exact) mass is 115 g/mol. The van der Waals surface area contributed by atoms with Crippen LogP contribution in [0.25, 0.3) is 0 Å². The first-order valence-electron chi connectivity index (χ1n) is 3.34. The summed E-state index contributed by atoms with van der Waals surface area (Å²) >= 11 is 0. The zero-order valence-electron chi connectivity index (χ0n) is 5.99. The summed E-state index contributed by atoms with van der Waals surface area (Å²) in [5.74, 6) is 0. The molecule has 1 atom stereocenters. The van der Waals surface area contributed by atoms with E-state index >= 15 is 0 Å². The topological polar surface area (TPSA) is 12.0 Å². The van der Waals surface area contributed by atoms with E-state index in [0.717, 1.165) is 6.04 Å². The van der Waals surface area contributed by atoms with Crippen molar-refractivity contribution in [3.8, 4) is 0 Å². The van der Waals surface area contributed by atoms with E-state index < -0.39 is 0 Å². The van der Waals surface area contributed by atoms with E-state index in [4.69, 9.17) is 0 Å².